The number of hydrogen-bond acceptors (Lipinski definition) is 6. The van der Waals surface area contributed by atoms with Gasteiger partial charge >= 0.3 is 0 Å². The van der Waals surface area contributed by atoms with E-state index in [0.717, 1.165) is 30.5 Å². The van der Waals surface area contributed by atoms with Gasteiger partial charge in [-0.1, -0.05) is 0 Å². The van der Waals surface area contributed by atoms with Gasteiger partial charge in [-0.25, -0.2) is 24.3 Å². The molecule has 2 bridgehead atoms. The first-order chi connectivity index (χ1) is 15.5. The molecule has 3 unspecified atom stereocenters. The van der Waals surface area contributed by atoms with Gasteiger partial charge in [0.15, 0.2) is 17.5 Å². The summed E-state index contributed by atoms with van der Waals surface area (Å²) in [6.07, 6.45) is 7.78. The Bertz CT molecular complexity index is 1150. The Hall–Kier alpha value is -3.42. The van der Waals surface area contributed by atoms with Crippen LogP contribution in [0.3, 0.4) is 0 Å². The van der Waals surface area contributed by atoms with Crippen molar-refractivity contribution in [2.75, 3.05) is 11.9 Å². The SMILES string of the molecule is Cc1cnc(NC2CC3CCC2N(C(=O)c2nc(C)ccc2-c2ncccn2)C3)c(F)c1. The summed E-state index contributed by atoms with van der Waals surface area (Å²) < 4.78 is 14.4. The number of pyridine rings is 2. The van der Waals surface area contributed by atoms with Gasteiger partial charge in [-0.05, 0) is 68.9 Å². The lowest BCUT2D eigenvalue weighted by atomic mass is 9.76. The fourth-order valence-corrected chi connectivity index (χ4v) is 4.87. The third kappa shape index (κ3) is 3.81. The van der Waals surface area contributed by atoms with Crippen LogP contribution in [-0.4, -0.2) is 49.4 Å². The number of rotatable bonds is 4. The van der Waals surface area contributed by atoms with Crippen LogP contribution in [0.5, 0.6) is 0 Å². The van der Waals surface area contributed by atoms with E-state index in [1.807, 2.05) is 30.9 Å². The molecule has 3 fully saturated rings. The molecule has 3 aliphatic rings. The molecular weight excluding hydrogens is 407 g/mol. The maximum Gasteiger partial charge on any atom is 0.273 e. The zero-order chi connectivity index (χ0) is 22.2. The molecular formula is C24H25FN6O. The van der Waals surface area contributed by atoms with Gasteiger partial charge < -0.3 is 10.2 Å². The molecule has 3 atom stereocenters. The Labute approximate surface area is 186 Å². The average Bonchev–Trinajstić information content (AvgIpc) is 2.81. The summed E-state index contributed by atoms with van der Waals surface area (Å²) in [4.78, 5) is 33.1. The Balaban J connectivity index is 1.45. The van der Waals surface area contributed by atoms with E-state index in [0.29, 0.717) is 29.5 Å². The van der Waals surface area contributed by atoms with Crippen molar-refractivity contribution in [2.24, 2.45) is 5.92 Å². The second-order valence-electron chi connectivity index (χ2n) is 8.72. The van der Waals surface area contributed by atoms with Gasteiger partial charge in [-0.3, -0.25) is 4.79 Å². The molecule has 1 amide bonds. The van der Waals surface area contributed by atoms with E-state index in [-0.39, 0.29) is 29.6 Å². The molecule has 0 aromatic carbocycles. The molecule has 2 saturated heterocycles. The van der Waals surface area contributed by atoms with Crippen LogP contribution in [0.25, 0.3) is 11.4 Å². The van der Waals surface area contributed by atoms with Gasteiger partial charge in [0.2, 0.25) is 0 Å². The highest BCUT2D eigenvalue weighted by atomic mass is 19.1. The van der Waals surface area contributed by atoms with E-state index in [9.17, 15) is 9.18 Å². The number of carbonyl (C=O) groups is 1. The van der Waals surface area contributed by atoms with Crippen LogP contribution in [0.4, 0.5) is 10.2 Å². The highest BCUT2D eigenvalue weighted by Crippen LogP contribution is 2.38. The van der Waals surface area contributed by atoms with Crippen molar-refractivity contribution in [3.63, 3.8) is 0 Å². The molecule has 6 rings (SSSR count). The highest BCUT2D eigenvalue weighted by molar-refractivity contribution is 5.98. The second kappa shape index (κ2) is 8.26. The zero-order valence-electron chi connectivity index (χ0n) is 18.1. The van der Waals surface area contributed by atoms with Crippen LogP contribution in [0.1, 0.15) is 41.0 Å². The molecule has 164 valence electrons. The van der Waals surface area contributed by atoms with Crippen LogP contribution in [0.2, 0.25) is 0 Å². The summed E-state index contributed by atoms with van der Waals surface area (Å²) >= 11 is 0. The fraction of sp³-hybridized carbons (Fsp3) is 0.375. The van der Waals surface area contributed by atoms with Crippen molar-refractivity contribution < 1.29 is 9.18 Å². The van der Waals surface area contributed by atoms with Gasteiger partial charge in [0.25, 0.3) is 5.91 Å². The van der Waals surface area contributed by atoms with E-state index in [1.54, 1.807) is 24.7 Å². The van der Waals surface area contributed by atoms with Crippen LogP contribution in [0, 0.1) is 25.6 Å². The summed E-state index contributed by atoms with van der Waals surface area (Å²) in [6, 6.07) is 6.82. The van der Waals surface area contributed by atoms with Crippen molar-refractivity contribution in [1.82, 2.24) is 24.8 Å². The summed E-state index contributed by atoms with van der Waals surface area (Å²) in [5.74, 6) is 0.581. The lowest BCUT2D eigenvalue weighted by Gasteiger charge is -2.50. The first-order valence-electron chi connectivity index (χ1n) is 10.9. The summed E-state index contributed by atoms with van der Waals surface area (Å²) in [7, 11) is 0. The van der Waals surface area contributed by atoms with Crippen LogP contribution in [-0.2, 0) is 0 Å². The number of anilines is 1. The largest absolute Gasteiger partial charge is 0.363 e. The number of piperidine rings is 2. The third-order valence-corrected chi connectivity index (χ3v) is 6.38. The van der Waals surface area contributed by atoms with E-state index < -0.39 is 0 Å². The lowest BCUT2D eigenvalue weighted by molar-refractivity contribution is 0.0276. The Morgan fingerprint density at radius 2 is 1.97 bits per heavy atom. The number of amides is 1. The Morgan fingerprint density at radius 3 is 2.72 bits per heavy atom. The van der Waals surface area contributed by atoms with Gasteiger partial charge in [0.1, 0.15) is 5.69 Å². The van der Waals surface area contributed by atoms with Gasteiger partial charge in [0, 0.05) is 36.9 Å². The average molecular weight is 433 g/mol. The predicted molar refractivity (Wildman–Crippen MR) is 119 cm³/mol. The fourth-order valence-electron chi connectivity index (χ4n) is 4.87. The van der Waals surface area contributed by atoms with Crippen molar-refractivity contribution in [1.29, 1.82) is 0 Å². The molecule has 7 nitrogen and oxygen atoms in total. The monoisotopic (exact) mass is 432 g/mol. The minimum atomic E-state index is -0.367. The minimum absolute atomic E-state index is 0.0538. The first kappa shape index (κ1) is 20.5. The van der Waals surface area contributed by atoms with Crippen LogP contribution in [0.15, 0.2) is 42.9 Å². The van der Waals surface area contributed by atoms with Crippen molar-refractivity contribution >= 4 is 11.7 Å². The first-order valence-corrected chi connectivity index (χ1v) is 10.9. The van der Waals surface area contributed by atoms with Crippen molar-refractivity contribution in [3.05, 3.63) is 65.6 Å². The molecule has 2 aliphatic heterocycles. The number of carbonyl (C=O) groups excluding carboxylic acids is 1. The normalized spacial score (nSPS) is 22.1. The maximum absolute atomic E-state index is 14.4. The van der Waals surface area contributed by atoms with Gasteiger partial charge in [0.05, 0.1) is 11.6 Å². The molecule has 0 radical (unpaired) electrons. The number of nitrogens with zero attached hydrogens (tertiary/aromatic N) is 5. The molecule has 1 saturated carbocycles. The Kier molecular flexibility index (Phi) is 5.28. The number of nitrogens with one attached hydrogen (secondary N) is 1. The summed E-state index contributed by atoms with van der Waals surface area (Å²) in [6.45, 7) is 4.35. The molecule has 1 aliphatic carbocycles. The predicted octanol–water partition coefficient (Wildman–Crippen LogP) is 3.79. The Morgan fingerprint density at radius 1 is 1.16 bits per heavy atom. The third-order valence-electron chi connectivity index (χ3n) is 6.38. The number of hydrogen-bond donors (Lipinski definition) is 1. The summed E-state index contributed by atoms with van der Waals surface area (Å²) in [5, 5.41) is 3.28. The lowest BCUT2D eigenvalue weighted by Crippen LogP contribution is -2.60. The number of aromatic nitrogens is 4. The molecule has 5 heterocycles. The number of aryl methyl sites for hydroxylation is 2. The van der Waals surface area contributed by atoms with E-state index >= 15 is 0 Å². The van der Waals surface area contributed by atoms with Crippen molar-refractivity contribution in [3.8, 4) is 11.4 Å². The van der Waals surface area contributed by atoms with Gasteiger partial charge in [-0.15, -0.1) is 0 Å². The summed E-state index contributed by atoms with van der Waals surface area (Å²) in [5.41, 5.74) is 2.52. The molecule has 3 aromatic rings. The van der Waals surface area contributed by atoms with Crippen LogP contribution >= 0.6 is 0 Å². The zero-order valence-corrected chi connectivity index (χ0v) is 18.1. The maximum atomic E-state index is 14.4. The smallest absolute Gasteiger partial charge is 0.273 e. The molecule has 32 heavy (non-hydrogen) atoms. The molecule has 0 spiro atoms. The topological polar surface area (TPSA) is 83.9 Å². The van der Waals surface area contributed by atoms with E-state index in [2.05, 4.69) is 25.3 Å². The van der Waals surface area contributed by atoms with Crippen molar-refractivity contribution in [2.45, 2.75) is 45.2 Å². The number of halogens is 1. The molecule has 1 N–H and O–H groups in total. The van der Waals surface area contributed by atoms with E-state index in [1.165, 1.54) is 6.07 Å². The highest BCUT2D eigenvalue weighted by Gasteiger charge is 2.44. The quantitative estimate of drug-likeness (QED) is 0.675. The minimum Gasteiger partial charge on any atom is -0.363 e. The molecule has 8 heteroatoms. The molecule has 3 aromatic heterocycles. The second-order valence-corrected chi connectivity index (χ2v) is 8.72. The van der Waals surface area contributed by atoms with Crippen LogP contribution < -0.4 is 5.32 Å². The number of fused-ring (bicyclic) bond motifs is 3. The van der Waals surface area contributed by atoms with Gasteiger partial charge in [-0.2, -0.15) is 0 Å². The van der Waals surface area contributed by atoms with E-state index in [4.69, 9.17) is 0 Å². The standard InChI is InChI=1S/C24H25FN6O/c1-14-10-18(25)23(28-12-14)30-19-11-16-5-7-20(19)31(13-16)24(32)21-17(6-4-15(2)29-21)22-26-8-3-9-27-22/h3-4,6,8-10,12,16,19-20H,5,7,11,13H2,1-2H3,(H,28,30).